The molecule has 1 heterocycles. The molecule has 1 aromatic carbocycles. The molecule has 0 saturated heterocycles. The first kappa shape index (κ1) is 20.2. The Labute approximate surface area is 161 Å². The van der Waals surface area contributed by atoms with Gasteiger partial charge in [0.2, 0.25) is 0 Å². The van der Waals surface area contributed by atoms with Crippen molar-refractivity contribution in [3.63, 3.8) is 0 Å². The number of ketones is 1. The van der Waals surface area contributed by atoms with Gasteiger partial charge in [-0.1, -0.05) is 19.9 Å². The molecule has 142 valence electrons. The van der Waals surface area contributed by atoms with Crippen molar-refractivity contribution in [2.24, 2.45) is 0 Å². The maximum atomic E-state index is 12.4. The van der Waals surface area contributed by atoms with E-state index in [0.29, 0.717) is 23.2 Å². The lowest BCUT2D eigenvalue weighted by Gasteiger charge is -2.37. The molecule has 0 fully saturated rings. The number of hydrogen-bond donors (Lipinski definition) is 1. The summed E-state index contributed by atoms with van der Waals surface area (Å²) in [6, 6.07) is 5.46. The van der Waals surface area contributed by atoms with Gasteiger partial charge in [0.25, 0.3) is 0 Å². The summed E-state index contributed by atoms with van der Waals surface area (Å²) < 4.78 is 11.2. The van der Waals surface area contributed by atoms with E-state index < -0.39 is 0 Å². The van der Waals surface area contributed by atoms with E-state index in [1.807, 2.05) is 30.0 Å². The largest absolute Gasteiger partial charge is 0.493 e. The number of benzene rings is 1. The summed E-state index contributed by atoms with van der Waals surface area (Å²) in [7, 11) is 1.62. The Morgan fingerprint density at radius 3 is 2.58 bits per heavy atom. The summed E-state index contributed by atoms with van der Waals surface area (Å²) in [5.41, 5.74) is 2.58. The van der Waals surface area contributed by atoms with Crippen molar-refractivity contribution in [1.82, 2.24) is 10.2 Å². The molecule has 0 spiro atoms. The maximum absolute atomic E-state index is 12.4. The molecule has 6 heteroatoms. The van der Waals surface area contributed by atoms with Gasteiger partial charge in [-0.25, -0.2) is 0 Å². The van der Waals surface area contributed by atoms with Gasteiger partial charge in [-0.2, -0.15) is 0 Å². The molecule has 1 aliphatic heterocycles. The van der Waals surface area contributed by atoms with E-state index in [1.54, 1.807) is 14.0 Å². The second-order valence-electron chi connectivity index (χ2n) is 6.35. The van der Waals surface area contributed by atoms with Crippen LogP contribution in [0.5, 0.6) is 11.5 Å². The molecule has 1 aromatic rings. The molecule has 1 N–H and O–H groups in total. The lowest BCUT2D eigenvalue weighted by molar-refractivity contribution is -0.114. The SMILES string of the molecule is CCCOc1cc(C2NC(=S)N(CCC)C(C)=C2C(C)=O)ccc1OC. The Kier molecular flexibility index (Phi) is 7.03. The molecule has 0 bridgehead atoms. The van der Waals surface area contributed by atoms with Crippen LogP contribution in [0.15, 0.2) is 29.5 Å². The second-order valence-corrected chi connectivity index (χ2v) is 6.73. The monoisotopic (exact) mass is 376 g/mol. The predicted molar refractivity (Wildman–Crippen MR) is 108 cm³/mol. The summed E-state index contributed by atoms with van der Waals surface area (Å²) >= 11 is 5.55. The van der Waals surface area contributed by atoms with E-state index in [1.165, 1.54) is 0 Å². The lowest BCUT2D eigenvalue weighted by atomic mass is 9.92. The summed E-state index contributed by atoms with van der Waals surface area (Å²) in [6.07, 6.45) is 1.86. The average Bonchev–Trinajstić information content (AvgIpc) is 2.62. The highest BCUT2D eigenvalue weighted by Gasteiger charge is 2.32. The third-order valence-electron chi connectivity index (χ3n) is 4.41. The summed E-state index contributed by atoms with van der Waals surface area (Å²) in [4.78, 5) is 14.4. The van der Waals surface area contributed by atoms with Crippen LogP contribution >= 0.6 is 12.2 Å². The number of nitrogens with zero attached hydrogens (tertiary/aromatic N) is 1. The zero-order chi connectivity index (χ0) is 19.3. The quantitative estimate of drug-likeness (QED) is 0.693. The van der Waals surface area contributed by atoms with Gasteiger partial charge in [-0.05, 0) is 56.6 Å². The molecular formula is C20H28N2O3S. The summed E-state index contributed by atoms with van der Waals surface area (Å²) in [5.74, 6) is 1.39. The van der Waals surface area contributed by atoms with Gasteiger partial charge in [-0.15, -0.1) is 0 Å². The van der Waals surface area contributed by atoms with Crippen LogP contribution < -0.4 is 14.8 Å². The predicted octanol–water partition coefficient (Wildman–Crippen LogP) is 3.99. The molecule has 26 heavy (non-hydrogen) atoms. The van der Waals surface area contributed by atoms with Crippen molar-refractivity contribution in [3.8, 4) is 11.5 Å². The highest BCUT2D eigenvalue weighted by molar-refractivity contribution is 7.80. The van der Waals surface area contributed by atoms with Gasteiger partial charge in [0.05, 0.1) is 19.8 Å². The normalized spacial score (nSPS) is 17.2. The number of Topliss-reactive ketones (excluding diaryl/α,β-unsaturated/α-hetero) is 1. The van der Waals surface area contributed by atoms with Crippen LogP contribution in [0.1, 0.15) is 52.1 Å². The van der Waals surface area contributed by atoms with Crippen LogP contribution in [0.3, 0.4) is 0 Å². The lowest BCUT2D eigenvalue weighted by Crippen LogP contribution is -2.47. The number of ether oxygens (including phenoxy) is 2. The topological polar surface area (TPSA) is 50.8 Å². The fraction of sp³-hybridized carbons (Fsp3) is 0.500. The van der Waals surface area contributed by atoms with Crippen molar-refractivity contribution in [3.05, 3.63) is 35.0 Å². The highest BCUT2D eigenvalue weighted by atomic mass is 32.1. The van der Waals surface area contributed by atoms with Crippen molar-refractivity contribution in [1.29, 1.82) is 0 Å². The minimum atomic E-state index is -0.289. The van der Waals surface area contributed by atoms with Crippen LogP contribution in [-0.4, -0.2) is 36.1 Å². The van der Waals surface area contributed by atoms with Crippen LogP contribution in [0, 0.1) is 0 Å². The third kappa shape index (κ3) is 4.18. The standard InChI is InChI=1S/C20H28N2O3S/c1-6-10-22-13(3)18(14(4)23)19(21-20(22)26)15-8-9-16(24-5)17(12-15)25-11-7-2/h8-9,12,19H,6-7,10-11H2,1-5H3,(H,21,26). The van der Waals surface area contributed by atoms with Crippen molar-refractivity contribution in [2.45, 2.75) is 46.6 Å². The van der Waals surface area contributed by atoms with E-state index in [0.717, 1.165) is 36.2 Å². The zero-order valence-corrected chi connectivity index (χ0v) is 17.0. The Bertz CT molecular complexity index is 715. The van der Waals surface area contributed by atoms with Crippen LogP contribution in [0.2, 0.25) is 0 Å². The molecule has 1 atom stereocenters. The van der Waals surface area contributed by atoms with E-state index in [9.17, 15) is 4.79 Å². The van der Waals surface area contributed by atoms with Gasteiger partial charge >= 0.3 is 0 Å². The Hall–Kier alpha value is -2.08. The first-order valence-electron chi connectivity index (χ1n) is 9.05. The van der Waals surface area contributed by atoms with Gasteiger partial charge in [0.15, 0.2) is 22.4 Å². The number of hydrogen-bond acceptors (Lipinski definition) is 4. The van der Waals surface area contributed by atoms with Crippen LogP contribution in [-0.2, 0) is 4.79 Å². The number of thiocarbonyl (C=S) groups is 1. The number of rotatable bonds is 8. The second kappa shape index (κ2) is 9.03. The molecule has 0 aromatic heterocycles. The molecule has 0 radical (unpaired) electrons. The van der Waals surface area contributed by atoms with E-state index in [2.05, 4.69) is 19.2 Å². The smallest absolute Gasteiger partial charge is 0.173 e. The van der Waals surface area contributed by atoms with E-state index in [4.69, 9.17) is 21.7 Å². The molecule has 5 nitrogen and oxygen atoms in total. The van der Waals surface area contributed by atoms with Crippen LogP contribution in [0.4, 0.5) is 0 Å². The Morgan fingerprint density at radius 1 is 1.27 bits per heavy atom. The maximum Gasteiger partial charge on any atom is 0.173 e. The fourth-order valence-electron chi connectivity index (χ4n) is 3.18. The van der Waals surface area contributed by atoms with Gasteiger partial charge in [0, 0.05) is 17.8 Å². The van der Waals surface area contributed by atoms with E-state index in [-0.39, 0.29) is 11.8 Å². The minimum absolute atomic E-state index is 0.0375. The molecule has 1 unspecified atom stereocenters. The van der Waals surface area contributed by atoms with Crippen molar-refractivity contribution < 1.29 is 14.3 Å². The van der Waals surface area contributed by atoms with Gasteiger partial charge in [-0.3, -0.25) is 4.79 Å². The molecule has 0 amide bonds. The summed E-state index contributed by atoms with van der Waals surface area (Å²) in [6.45, 7) is 9.11. The number of carbonyl (C=O) groups excluding carboxylic acids is 1. The van der Waals surface area contributed by atoms with Crippen LogP contribution in [0.25, 0.3) is 0 Å². The van der Waals surface area contributed by atoms with Gasteiger partial charge in [0.1, 0.15) is 0 Å². The number of allylic oxidation sites excluding steroid dienone is 1. The zero-order valence-electron chi connectivity index (χ0n) is 16.2. The molecule has 1 aliphatic rings. The molecule has 0 saturated carbocycles. The van der Waals surface area contributed by atoms with Crippen molar-refractivity contribution in [2.75, 3.05) is 20.3 Å². The van der Waals surface area contributed by atoms with E-state index >= 15 is 0 Å². The first-order chi connectivity index (χ1) is 12.4. The number of methoxy groups -OCH3 is 1. The summed E-state index contributed by atoms with van der Waals surface area (Å²) in [5, 5.41) is 3.98. The number of carbonyl (C=O) groups is 1. The average molecular weight is 377 g/mol. The minimum Gasteiger partial charge on any atom is -0.493 e. The molecule has 2 rings (SSSR count). The van der Waals surface area contributed by atoms with Gasteiger partial charge < -0.3 is 19.7 Å². The molecule has 0 aliphatic carbocycles. The highest BCUT2D eigenvalue weighted by Crippen LogP contribution is 2.36. The Balaban J connectivity index is 2.48. The first-order valence-corrected chi connectivity index (χ1v) is 9.45. The Morgan fingerprint density at radius 2 is 2.00 bits per heavy atom. The number of nitrogens with one attached hydrogen (secondary N) is 1. The van der Waals surface area contributed by atoms with Crippen molar-refractivity contribution >= 4 is 23.1 Å². The third-order valence-corrected chi connectivity index (χ3v) is 4.74. The molecular weight excluding hydrogens is 348 g/mol. The fourth-order valence-corrected chi connectivity index (χ4v) is 3.52.